The third-order valence-electron chi connectivity index (χ3n) is 5.11. The van der Waals surface area contributed by atoms with E-state index in [4.69, 9.17) is 9.40 Å². The summed E-state index contributed by atoms with van der Waals surface area (Å²) >= 11 is 0. The lowest BCUT2D eigenvalue weighted by Crippen LogP contribution is -2.06. The topological polar surface area (TPSA) is 43.1 Å². The van der Waals surface area contributed by atoms with Crippen molar-refractivity contribution in [2.45, 2.75) is 42.9 Å². The van der Waals surface area contributed by atoms with Gasteiger partial charge in [0.15, 0.2) is 5.76 Å². The van der Waals surface area contributed by atoms with E-state index < -0.39 is 10.8 Å². The number of nitrogens with zero attached hydrogens (tertiary/aromatic N) is 1. The fraction of sp³-hybridized carbons (Fsp3) is 0.318. The second-order valence-electron chi connectivity index (χ2n) is 6.91. The molecule has 1 unspecified atom stereocenters. The predicted molar refractivity (Wildman–Crippen MR) is 106 cm³/mol. The zero-order chi connectivity index (χ0) is 17.9. The Balaban J connectivity index is 1.78. The van der Waals surface area contributed by atoms with Gasteiger partial charge in [0, 0.05) is 39.0 Å². The van der Waals surface area contributed by atoms with E-state index in [9.17, 15) is 4.21 Å². The van der Waals surface area contributed by atoms with Gasteiger partial charge in [0.2, 0.25) is 5.89 Å². The Morgan fingerprint density at radius 2 is 1.62 bits per heavy atom. The van der Waals surface area contributed by atoms with Gasteiger partial charge in [-0.15, -0.1) is 0 Å². The molecule has 0 aliphatic heterocycles. The maximum absolute atomic E-state index is 11.7. The monoisotopic (exact) mass is 365 g/mol. The number of hydrogen-bond donors (Lipinski definition) is 0. The highest BCUT2D eigenvalue weighted by molar-refractivity contribution is 7.84. The third-order valence-corrected chi connectivity index (χ3v) is 6.05. The zero-order valence-corrected chi connectivity index (χ0v) is 15.8. The zero-order valence-electron chi connectivity index (χ0n) is 15.0. The molecule has 3 aromatic rings. The second-order valence-corrected chi connectivity index (χ2v) is 8.29. The van der Waals surface area contributed by atoms with Crippen LogP contribution in [0.3, 0.4) is 0 Å². The van der Waals surface area contributed by atoms with Crippen molar-refractivity contribution in [3.63, 3.8) is 0 Å². The van der Waals surface area contributed by atoms with Crippen LogP contribution in [0.1, 0.15) is 43.7 Å². The van der Waals surface area contributed by atoms with Gasteiger partial charge in [0.05, 0.1) is 5.69 Å². The largest absolute Gasteiger partial charge is 0.436 e. The molecule has 0 N–H and O–H groups in total. The summed E-state index contributed by atoms with van der Waals surface area (Å²) in [4.78, 5) is 5.74. The van der Waals surface area contributed by atoms with Crippen LogP contribution in [0.25, 0.3) is 22.8 Å². The summed E-state index contributed by atoms with van der Waals surface area (Å²) in [7, 11) is -0.974. The van der Waals surface area contributed by atoms with E-state index in [2.05, 4.69) is 0 Å². The molecule has 0 radical (unpaired) electrons. The minimum atomic E-state index is -0.974. The van der Waals surface area contributed by atoms with Gasteiger partial charge < -0.3 is 4.42 Å². The van der Waals surface area contributed by atoms with Gasteiger partial charge in [-0.25, -0.2) is 4.98 Å². The number of oxazole rings is 1. The molecule has 1 aliphatic rings. The molecule has 1 fully saturated rings. The minimum Gasteiger partial charge on any atom is -0.436 e. The number of aromatic nitrogens is 1. The average molecular weight is 365 g/mol. The van der Waals surface area contributed by atoms with Gasteiger partial charge in [-0.2, -0.15) is 0 Å². The molecule has 1 heterocycles. The Kier molecular flexibility index (Phi) is 5.02. The maximum Gasteiger partial charge on any atom is 0.227 e. The summed E-state index contributed by atoms with van der Waals surface area (Å²) in [5.41, 5.74) is 3.09. The fourth-order valence-corrected chi connectivity index (χ4v) is 4.21. The van der Waals surface area contributed by atoms with Crippen molar-refractivity contribution in [3.8, 4) is 22.8 Å². The first-order valence-electron chi connectivity index (χ1n) is 9.22. The molecule has 134 valence electrons. The Bertz CT molecular complexity index is 894. The van der Waals surface area contributed by atoms with Crippen LogP contribution in [0.2, 0.25) is 0 Å². The summed E-state index contributed by atoms with van der Waals surface area (Å²) in [5, 5.41) is 0. The van der Waals surface area contributed by atoms with Gasteiger partial charge in [0.25, 0.3) is 0 Å². The smallest absolute Gasteiger partial charge is 0.227 e. The van der Waals surface area contributed by atoms with Gasteiger partial charge >= 0.3 is 0 Å². The van der Waals surface area contributed by atoms with Crippen molar-refractivity contribution in [1.82, 2.24) is 4.98 Å². The molecule has 26 heavy (non-hydrogen) atoms. The van der Waals surface area contributed by atoms with E-state index in [0.717, 1.165) is 27.5 Å². The molecule has 0 amide bonds. The van der Waals surface area contributed by atoms with Gasteiger partial charge in [0.1, 0.15) is 0 Å². The van der Waals surface area contributed by atoms with Crippen LogP contribution in [0.5, 0.6) is 0 Å². The Hall–Kier alpha value is -2.20. The molecular weight excluding hydrogens is 342 g/mol. The number of rotatable bonds is 4. The lowest BCUT2D eigenvalue weighted by molar-refractivity contribution is 0.437. The summed E-state index contributed by atoms with van der Waals surface area (Å²) in [6, 6.07) is 17.9. The predicted octanol–water partition coefficient (Wildman–Crippen LogP) is 5.79. The van der Waals surface area contributed by atoms with E-state index in [1.165, 1.54) is 32.1 Å². The van der Waals surface area contributed by atoms with Crippen molar-refractivity contribution < 1.29 is 8.63 Å². The molecule has 2 aromatic carbocycles. The Morgan fingerprint density at radius 3 is 2.27 bits per heavy atom. The average Bonchev–Trinajstić information content (AvgIpc) is 3.15. The molecule has 1 aliphatic carbocycles. The first-order chi connectivity index (χ1) is 12.7. The molecule has 1 aromatic heterocycles. The van der Waals surface area contributed by atoms with Crippen LogP contribution in [-0.4, -0.2) is 15.4 Å². The van der Waals surface area contributed by atoms with Crippen LogP contribution in [0.4, 0.5) is 0 Å². The Labute approximate surface area is 156 Å². The van der Waals surface area contributed by atoms with Crippen LogP contribution in [0, 0.1) is 0 Å². The van der Waals surface area contributed by atoms with Gasteiger partial charge in [-0.1, -0.05) is 37.5 Å². The van der Waals surface area contributed by atoms with Gasteiger partial charge in [-0.3, -0.25) is 4.21 Å². The summed E-state index contributed by atoms with van der Waals surface area (Å²) in [6.07, 6.45) is 7.86. The molecule has 4 heteroatoms. The van der Waals surface area contributed by atoms with Crippen molar-refractivity contribution in [2.24, 2.45) is 0 Å². The third kappa shape index (κ3) is 3.51. The molecular formula is C22H23NO2S. The molecule has 4 rings (SSSR count). The first-order valence-corrected chi connectivity index (χ1v) is 10.8. The van der Waals surface area contributed by atoms with Crippen molar-refractivity contribution in [1.29, 1.82) is 0 Å². The molecule has 0 saturated heterocycles. The van der Waals surface area contributed by atoms with Gasteiger partial charge in [-0.05, 0) is 49.2 Å². The maximum atomic E-state index is 11.7. The van der Waals surface area contributed by atoms with Crippen molar-refractivity contribution >= 4 is 10.8 Å². The highest BCUT2D eigenvalue weighted by Gasteiger charge is 2.25. The normalized spacial score (nSPS) is 16.5. The molecule has 1 saturated carbocycles. The van der Waals surface area contributed by atoms with Crippen LogP contribution in [-0.2, 0) is 10.8 Å². The van der Waals surface area contributed by atoms with Crippen LogP contribution < -0.4 is 0 Å². The highest BCUT2D eigenvalue weighted by atomic mass is 32.2. The SMILES string of the molecule is CS(=O)c1ccc(-c2oc(-c3ccccc3)nc2C2CCCCC2)cc1. The van der Waals surface area contributed by atoms with Crippen LogP contribution in [0.15, 0.2) is 63.9 Å². The molecule has 0 bridgehead atoms. The molecule has 3 nitrogen and oxygen atoms in total. The summed E-state index contributed by atoms with van der Waals surface area (Å²) < 4.78 is 17.9. The fourth-order valence-electron chi connectivity index (χ4n) is 3.69. The van der Waals surface area contributed by atoms with E-state index in [0.29, 0.717) is 11.8 Å². The quantitative estimate of drug-likeness (QED) is 0.587. The number of hydrogen-bond acceptors (Lipinski definition) is 3. The summed E-state index contributed by atoms with van der Waals surface area (Å²) in [6.45, 7) is 0. The lowest BCUT2D eigenvalue weighted by Gasteiger charge is -2.20. The van der Waals surface area contributed by atoms with Crippen LogP contribution >= 0.6 is 0 Å². The first kappa shape index (κ1) is 17.2. The number of benzene rings is 2. The Morgan fingerprint density at radius 1 is 0.923 bits per heavy atom. The highest BCUT2D eigenvalue weighted by Crippen LogP contribution is 2.40. The second kappa shape index (κ2) is 7.58. The lowest BCUT2D eigenvalue weighted by atomic mass is 9.85. The van der Waals surface area contributed by atoms with E-state index in [1.807, 2.05) is 54.6 Å². The van der Waals surface area contributed by atoms with E-state index in [-0.39, 0.29) is 0 Å². The molecule has 1 atom stereocenters. The van der Waals surface area contributed by atoms with Crippen molar-refractivity contribution in [2.75, 3.05) is 6.26 Å². The summed E-state index contributed by atoms with van der Waals surface area (Å²) in [5.74, 6) is 2.01. The van der Waals surface area contributed by atoms with E-state index >= 15 is 0 Å². The molecule has 0 spiro atoms. The van der Waals surface area contributed by atoms with Crippen molar-refractivity contribution in [3.05, 3.63) is 60.3 Å². The van der Waals surface area contributed by atoms with E-state index in [1.54, 1.807) is 6.26 Å². The standard InChI is InChI=1S/C22H23NO2S/c1-26(24)19-14-12-17(13-15-19)21-20(16-8-4-2-5-9-16)23-22(25-21)18-10-6-3-7-11-18/h3,6-7,10-16H,2,4-5,8-9H2,1H3. The minimum absolute atomic E-state index is 0.458.